The summed E-state index contributed by atoms with van der Waals surface area (Å²) in [5, 5.41) is 0. The number of pyridine rings is 1. The number of carbonyl (C=O) groups excluding carboxylic acids is 2. The van der Waals surface area contributed by atoms with Crippen molar-refractivity contribution in [2.45, 2.75) is 0 Å². The van der Waals surface area contributed by atoms with Gasteiger partial charge in [0.05, 0.1) is 11.1 Å². The second kappa shape index (κ2) is 7.59. The van der Waals surface area contributed by atoms with Crippen molar-refractivity contribution < 1.29 is 19.1 Å². The van der Waals surface area contributed by atoms with E-state index in [4.69, 9.17) is 9.47 Å². The van der Waals surface area contributed by atoms with Crippen molar-refractivity contribution in [2.75, 3.05) is 19.0 Å². The number of Topliss-reactive ketones (excluding diaryl/α,β-unsaturated/α-hetero) is 1. The molecule has 0 unspecified atom stereocenters. The minimum atomic E-state index is -0.529. The van der Waals surface area contributed by atoms with E-state index in [0.29, 0.717) is 22.6 Å². The Bertz CT molecular complexity index is 1100. The Labute approximate surface area is 168 Å². The third-order valence-corrected chi connectivity index (χ3v) is 4.46. The molecular formula is C23H18N2O4. The quantitative estimate of drug-likeness (QED) is 0.384. The van der Waals surface area contributed by atoms with Crippen LogP contribution in [0.4, 0.5) is 5.69 Å². The Morgan fingerprint density at radius 2 is 1.90 bits per heavy atom. The number of allylic oxidation sites excluding steroid dienone is 1. The fourth-order valence-electron chi connectivity index (χ4n) is 2.90. The maximum absolute atomic E-state index is 12.6. The van der Waals surface area contributed by atoms with Gasteiger partial charge in [0, 0.05) is 38.2 Å². The van der Waals surface area contributed by atoms with Crippen LogP contribution in [0, 0.1) is 0 Å². The van der Waals surface area contributed by atoms with Crippen LogP contribution in [0.25, 0.3) is 6.08 Å². The predicted molar refractivity (Wildman–Crippen MR) is 109 cm³/mol. The van der Waals surface area contributed by atoms with Gasteiger partial charge in [0.2, 0.25) is 5.78 Å². The fraction of sp³-hybridized carbons (Fsp3) is 0.0870. The summed E-state index contributed by atoms with van der Waals surface area (Å²) < 4.78 is 11.1. The summed E-state index contributed by atoms with van der Waals surface area (Å²) >= 11 is 0. The van der Waals surface area contributed by atoms with Crippen LogP contribution in [-0.4, -0.2) is 30.8 Å². The van der Waals surface area contributed by atoms with Crippen LogP contribution in [0.2, 0.25) is 0 Å². The number of nitrogens with zero attached hydrogens (tertiary/aromatic N) is 2. The van der Waals surface area contributed by atoms with E-state index < -0.39 is 5.97 Å². The zero-order chi connectivity index (χ0) is 20.4. The Hall–Kier alpha value is -3.93. The number of hydrogen-bond donors (Lipinski definition) is 0. The topological polar surface area (TPSA) is 68.7 Å². The molecule has 2 aromatic carbocycles. The number of benzene rings is 2. The van der Waals surface area contributed by atoms with E-state index in [2.05, 4.69) is 4.98 Å². The van der Waals surface area contributed by atoms with Gasteiger partial charge in [-0.25, -0.2) is 4.79 Å². The highest BCUT2D eigenvalue weighted by Crippen LogP contribution is 2.35. The Morgan fingerprint density at radius 1 is 1.10 bits per heavy atom. The molecule has 0 radical (unpaired) electrons. The molecule has 29 heavy (non-hydrogen) atoms. The maximum Gasteiger partial charge on any atom is 0.345 e. The van der Waals surface area contributed by atoms with E-state index in [1.165, 1.54) is 12.3 Å². The first-order chi connectivity index (χ1) is 14.0. The summed E-state index contributed by atoms with van der Waals surface area (Å²) in [6.45, 7) is 0. The SMILES string of the molecule is CN(C)c1ccc(/C=C2\Oc3cc(OC(=O)c4cccnc4)ccc3C2=O)cc1. The minimum Gasteiger partial charge on any atom is -0.452 e. The van der Waals surface area contributed by atoms with Gasteiger partial charge in [0.25, 0.3) is 0 Å². The normalized spacial score (nSPS) is 13.7. The van der Waals surface area contributed by atoms with Gasteiger partial charge in [-0.05, 0) is 48.0 Å². The number of anilines is 1. The van der Waals surface area contributed by atoms with E-state index in [1.54, 1.807) is 36.5 Å². The molecule has 1 aromatic heterocycles. The highest BCUT2D eigenvalue weighted by molar-refractivity contribution is 6.14. The zero-order valence-corrected chi connectivity index (χ0v) is 16.0. The molecule has 0 atom stereocenters. The molecule has 0 amide bonds. The van der Waals surface area contributed by atoms with Gasteiger partial charge < -0.3 is 14.4 Å². The van der Waals surface area contributed by atoms with Crippen molar-refractivity contribution in [3.05, 3.63) is 89.4 Å². The molecule has 0 saturated heterocycles. The zero-order valence-electron chi connectivity index (χ0n) is 16.0. The number of carbonyl (C=O) groups is 2. The van der Waals surface area contributed by atoms with Gasteiger partial charge in [0.15, 0.2) is 5.76 Å². The molecule has 1 aliphatic heterocycles. The maximum atomic E-state index is 12.6. The van der Waals surface area contributed by atoms with Crippen molar-refractivity contribution in [3.8, 4) is 11.5 Å². The number of aromatic nitrogens is 1. The predicted octanol–water partition coefficient (Wildman–Crippen LogP) is 3.98. The monoisotopic (exact) mass is 386 g/mol. The van der Waals surface area contributed by atoms with Crippen LogP contribution < -0.4 is 14.4 Å². The number of ketones is 1. The Balaban J connectivity index is 1.53. The lowest BCUT2D eigenvalue weighted by molar-refractivity contribution is 0.0734. The average molecular weight is 386 g/mol. The van der Waals surface area contributed by atoms with E-state index in [0.717, 1.165) is 11.3 Å². The third kappa shape index (κ3) is 3.87. The van der Waals surface area contributed by atoms with Gasteiger partial charge in [-0.2, -0.15) is 0 Å². The molecule has 3 aromatic rings. The number of esters is 1. The first-order valence-electron chi connectivity index (χ1n) is 8.99. The summed E-state index contributed by atoms with van der Waals surface area (Å²) in [5.74, 6) is 0.152. The molecule has 6 heteroatoms. The molecule has 2 heterocycles. The van der Waals surface area contributed by atoms with Crippen molar-refractivity contribution in [2.24, 2.45) is 0 Å². The molecule has 0 fully saturated rings. The lowest BCUT2D eigenvalue weighted by Crippen LogP contribution is -2.08. The van der Waals surface area contributed by atoms with E-state index in [9.17, 15) is 9.59 Å². The molecule has 0 aliphatic carbocycles. The molecule has 0 N–H and O–H groups in total. The molecule has 6 nitrogen and oxygen atoms in total. The summed E-state index contributed by atoms with van der Waals surface area (Å²) in [6.07, 6.45) is 4.70. The van der Waals surface area contributed by atoms with Crippen molar-refractivity contribution in [1.29, 1.82) is 0 Å². The largest absolute Gasteiger partial charge is 0.452 e. The standard InChI is InChI=1S/C23H18N2O4/c1-25(2)17-7-5-15(6-8-17)12-21-22(26)19-10-9-18(13-20(19)29-21)28-23(27)16-4-3-11-24-14-16/h3-14H,1-2H3/b21-12-. The summed E-state index contributed by atoms with van der Waals surface area (Å²) in [4.78, 5) is 30.7. The van der Waals surface area contributed by atoms with Crippen LogP contribution in [0.5, 0.6) is 11.5 Å². The minimum absolute atomic E-state index is 0.207. The number of ether oxygens (including phenoxy) is 2. The smallest absolute Gasteiger partial charge is 0.345 e. The van der Waals surface area contributed by atoms with Gasteiger partial charge in [0.1, 0.15) is 11.5 Å². The second-order valence-corrected chi connectivity index (χ2v) is 6.71. The molecule has 1 aliphatic rings. The van der Waals surface area contributed by atoms with Crippen molar-refractivity contribution >= 4 is 23.5 Å². The highest BCUT2D eigenvalue weighted by atomic mass is 16.5. The third-order valence-electron chi connectivity index (χ3n) is 4.46. The second-order valence-electron chi connectivity index (χ2n) is 6.71. The molecule has 0 saturated carbocycles. The summed E-state index contributed by atoms with van der Waals surface area (Å²) in [5.41, 5.74) is 2.69. The number of hydrogen-bond acceptors (Lipinski definition) is 6. The number of rotatable bonds is 4. The van der Waals surface area contributed by atoms with Gasteiger partial charge >= 0.3 is 5.97 Å². The molecule has 144 valence electrons. The average Bonchev–Trinajstić information content (AvgIpc) is 3.03. The molecule has 4 rings (SSSR count). The lowest BCUT2D eigenvalue weighted by atomic mass is 10.1. The molecule has 0 bridgehead atoms. The highest BCUT2D eigenvalue weighted by Gasteiger charge is 2.28. The van der Waals surface area contributed by atoms with Crippen LogP contribution in [0.15, 0.2) is 72.8 Å². The van der Waals surface area contributed by atoms with Gasteiger partial charge in [-0.15, -0.1) is 0 Å². The van der Waals surface area contributed by atoms with E-state index in [1.807, 2.05) is 43.3 Å². The molecular weight excluding hydrogens is 368 g/mol. The van der Waals surface area contributed by atoms with Crippen LogP contribution in [-0.2, 0) is 0 Å². The fourth-order valence-corrected chi connectivity index (χ4v) is 2.90. The Kier molecular flexibility index (Phi) is 4.83. The van der Waals surface area contributed by atoms with Crippen LogP contribution in [0.3, 0.4) is 0 Å². The first-order valence-corrected chi connectivity index (χ1v) is 8.99. The summed E-state index contributed by atoms with van der Waals surface area (Å²) in [6, 6.07) is 15.8. The first kappa shape index (κ1) is 18.4. The lowest BCUT2D eigenvalue weighted by Gasteiger charge is -2.11. The van der Waals surface area contributed by atoms with Crippen LogP contribution in [0.1, 0.15) is 26.3 Å². The van der Waals surface area contributed by atoms with Crippen LogP contribution >= 0.6 is 0 Å². The Morgan fingerprint density at radius 3 is 2.59 bits per heavy atom. The van der Waals surface area contributed by atoms with E-state index in [-0.39, 0.29) is 11.5 Å². The van der Waals surface area contributed by atoms with Gasteiger partial charge in [-0.1, -0.05) is 12.1 Å². The number of fused-ring (bicyclic) bond motifs is 1. The van der Waals surface area contributed by atoms with Gasteiger partial charge in [-0.3, -0.25) is 9.78 Å². The van der Waals surface area contributed by atoms with Crippen molar-refractivity contribution in [3.63, 3.8) is 0 Å². The summed E-state index contributed by atoms with van der Waals surface area (Å²) in [7, 11) is 3.93. The van der Waals surface area contributed by atoms with E-state index >= 15 is 0 Å². The molecule has 0 spiro atoms. The van der Waals surface area contributed by atoms with Crippen molar-refractivity contribution in [1.82, 2.24) is 4.98 Å².